The highest BCUT2D eigenvalue weighted by Gasteiger charge is 2.14. The highest BCUT2D eigenvalue weighted by Crippen LogP contribution is 2.21. The Hall–Kier alpha value is -3.55. The number of nitrogens with zero attached hydrogens (tertiary/aromatic N) is 2. The smallest absolute Gasteiger partial charge is 0.248 e. The molecule has 3 aromatic rings. The van der Waals surface area contributed by atoms with Gasteiger partial charge in [-0.1, -0.05) is 18.2 Å². The number of nitrogens with one attached hydrogen (secondary N) is 1. The predicted molar refractivity (Wildman–Crippen MR) is 96.3 cm³/mol. The van der Waals surface area contributed by atoms with Gasteiger partial charge >= 0.3 is 0 Å². The van der Waals surface area contributed by atoms with Crippen molar-refractivity contribution in [2.24, 2.45) is 5.73 Å². The van der Waals surface area contributed by atoms with E-state index in [9.17, 15) is 14.0 Å². The molecule has 0 aliphatic carbocycles. The third kappa shape index (κ3) is 4.35. The first-order chi connectivity index (χ1) is 12.9. The number of primary amides is 1. The molecule has 0 fully saturated rings. The quantitative estimate of drug-likeness (QED) is 0.695. The fourth-order valence-electron chi connectivity index (χ4n) is 2.44. The lowest BCUT2D eigenvalue weighted by Crippen LogP contribution is -2.16. The van der Waals surface area contributed by atoms with Crippen LogP contribution in [0.5, 0.6) is 0 Å². The minimum absolute atomic E-state index is 0.0159. The molecule has 0 atom stereocenters. The van der Waals surface area contributed by atoms with Gasteiger partial charge in [-0.15, -0.1) is 10.2 Å². The number of halogens is 1. The van der Waals surface area contributed by atoms with Crippen molar-refractivity contribution in [1.29, 1.82) is 0 Å². The van der Waals surface area contributed by atoms with Gasteiger partial charge in [0.2, 0.25) is 23.6 Å². The molecule has 0 spiro atoms. The Bertz CT molecular complexity index is 986. The van der Waals surface area contributed by atoms with E-state index in [1.165, 1.54) is 13.0 Å². The number of nitrogens with two attached hydrogens (primary N) is 1. The third-order valence-electron chi connectivity index (χ3n) is 3.96. The number of aromatic nitrogens is 2. The van der Waals surface area contributed by atoms with Crippen LogP contribution in [-0.4, -0.2) is 22.0 Å². The van der Waals surface area contributed by atoms with E-state index in [2.05, 4.69) is 15.5 Å². The summed E-state index contributed by atoms with van der Waals surface area (Å²) in [6.07, 6.45) is 0.279. The average Bonchev–Trinajstić information content (AvgIpc) is 3.13. The SMILES string of the molecule is Cc1c(F)cc(C(N)=O)cc1NC(=O)CCc1nnc(-c2ccccc2)o1. The summed E-state index contributed by atoms with van der Waals surface area (Å²) >= 11 is 0. The number of benzene rings is 2. The summed E-state index contributed by atoms with van der Waals surface area (Å²) < 4.78 is 19.4. The molecule has 2 aromatic carbocycles. The highest BCUT2D eigenvalue weighted by atomic mass is 19.1. The first-order valence-corrected chi connectivity index (χ1v) is 8.21. The molecule has 27 heavy (non-hydrogen) atoms. The number of rotatable bonds is 6. The van der Waals surface area contributed by atoms with Crippen LogP contribution in [0.4, 0.5) is 10.1 Å². The molecule has 1 heterocycles. The monoisotopic (exact) mass is 368 g/mol. The Balaban J connectivity index is 1.64. The normalized spacial score (nSPS) is 10.6. The van der Waals surface area contributed by atoms with Crippen molar-refractivity contribution in [1.82, 2.24) is 10.2 Å². The predicted octanol–water partition coefficient (Wildman–Crippen LogP) is 2.85. The van der Waals surface area contributed by atoms with Gasteiger partial charge in [0.05, 0.1) is 0 Å². The summed E-state index contributed by atoms with van der Waals surface area (Å²) in [7, 11) is 0. The van der Waals surface area contributed by atoms with E-state index >= 15 is 0 Å². The molecule has 0 unspecified atom stereocenters. The second-order valence-corrected chi connectivity index (χ2v) is 5.91. The Morgan fingerprint density at radius 1 is 1.19 bits per heavy atom. The number of carbonyl (C=O) groups excluding carboxylic acids is 2. The number of anilines is 1. The molecule has 0 saturated carbocycles. The number of hydrogen-bond acceptors (Lipinski definition) is 5. The number of carbonyl (C=O) groups is 2. The first kappa shape index (κ1) is 18.2. The van der Waals surface area contributed by atoms with E-state index < -0.39 is 11.7 Å². The Kier molecular flexibility index (Phi) is 5.25. The number of amides is 2. The lowest BCUT2D eigenvalue weighted by Gasteiger charge is -2.10. The first-order valence-electron chi connectivity index (χ1n) is 8.21. The zero-order valence-corrected chi connectivity index (χ0v) is 14.5. The van der Waals surface area contributed by atoms with Crippen molar-refractivity contribution in [3.8, 4) is 11.5 Å². The standard InChI is InChI=1S/C19H17FN4O3/c1-11-14(20)9-13(18(21)26)10-15(11)22-16(25)7-8-17-23-24-19(27-17)12-5-3-2-4-6-12/h2-6,9-10H,7-8H2,1H3,(H2,21,26)(H,22,25). The van der Waals surface area contributed by atoms with Crippen LogP contribution < -0.4 is 11.1 Å². The third-order valence-corrected chi connectivity index (χ3v) is 3.96. The Morgan fingerprint density at radius 2 is 1.93 bits per heavy atom. The maximum Gasteiger partial charge on any atom is 0.248 e. The van der Waals surface area contributed by atoms with Crippen molar-refractivity contribution in [2.75, 3.05) is 5.32 Å². The molecule has 3 N–H and O–H groups in total. The molecule has 0 bridgehead atoms. The molecule has 1 aromatic heterocycles. The molecule has 0 aliphatic heterocycles. The Morgan fingerprint density at radius 3 is 2.63 bits per heavy atom. The molecule has 0 radical (unpaired) electrons. The van der Waals surface area contributed by atoms with Crippen molar-refractivity contribution in [3.63, 3.8) is 0 Å². The fourth-order valence-corrected chi connectivity index (χ4v) is 2.44. The van der Waals surface area contributed by atoms with Gasteiger partial charge in [-0.05, 0) is 31.2 Å². The lowest BCUT2D eigenvalue weighted by atomic mass is 10.1. The maximum absolute atomic E-state index is 13.9. The van der Waals surface area contributed by atoms with Gasteiger partial charge in [-0.25, -0.2) is 4.39 Å². The highest BCUT2D eigenvalue weighted by molar-refractivity contribution is 5.97. The molecular weight excluding hydrogens is 351 g/mol. The molecule has 138 valence electrons. The van der Waals surface area contributed by atoms with Crippen LogP contribution in [0.15, 0.2) is 46.9 Å². The maximum atomic E-state index is 13.9. The van der Waals surface area contributed by atoms with Gasteiger partial charge in [0.1, 0.15) is 5.82 Å². The molecule has 7 nitrogen and oxygen atoms in total. The van der Waals surface area contributed by atoms with Crippen molar-refractivity contribution in [2.45, 2.75) is 19.8 Å². The summed E-state index contributed by atoms with van der Waals surface area (Å²) in [5.41, 5.74) is 6.36. The van der Waals surface area contributed by atoms with Crippen LogP contribution in [0, 0.1) is 12.7 Å². The van der Waals surface area contributed by atoms with E-state index in [0.717, 1.165) is 11.6 Å². The molecule has 2 amide bonds. The minimum atomic E-state index is -0.774. The molecular formula is C19H17FN4O3. The van der Waals surface area contributed by atoms with E-state index in [1.54, 1.807) is 0 Å². The van der Waals surface area contributed by atoms with Gasteiger partial charge < -0.3 is 15.5 Å². The summed E-state index contributed by atoms with van der Waals surface area (Å²) in [5, 5.41) is 10.5. The van der Waals surface area contributed by atoms with Gasteiger partial charge in [0, 0.05) is 35.2 Å². The van der Waals surface area contributed by atoms with Gasteiger partial charge in [0.25, 0.3) is 0 Å². The van der Waals surface area contributed by atoms with Gasteiger partial charge in [-0.2, -0.15) is 0 Å². The topological polar surface area (TPSA) is 111 Å². The van der Waals surface area contributed by atoms with Gasteiger partial charge in [0.15, 0.2) is 0 Å². The zero-order chi connectivity index (χ0) is 19.4. The average molecular weight is 368 g/mol. The van der Waals surface area contributed by atoms with Crippen molar-refractivity contribution in [3.05, 3.63) is 65.3 Å². The van der Waals surface area contributed by atoms with E-state index in [0.29, 0.717) is 11.8 Å². The van der Waals surface area contributed by atoms with E-state index in [1.807, 2.05) is 30.3 Å². The zero-order valence-electron chi connectivity index (χ0n) is 14.5. The van der Waals surface area contributed by atoms with Crippen molar-refractivity contribution >= 4 is 17.5 Å². The Labute approximate surface area is 154 Å². The largest absolute Gasteiger partial charge is 0.421 e. The summed E-state index contributed by atoms with van der Waals surface area (Å²) in [5.74, 6) is -1.08. The van der Waals surface area contributed by atoms with Crippen LogP contribution in [-0.2, 0) is 11.2 Å². The number of aryl methyl sites for hydroxylation is 1. The van der Waals surface area contributed by atoms with E-state index in [-0.39, 0.29) is 35.6 Å². The van der Waals surface area contributed by atoms with Crippen LogP contribution >= 0.6 is 0 Å². The summed E-state index contributed by atoms with van der Waals surface area (Å²) in [6, 6.07) is 11.7. The van der Waals surface area contributed by atoms with Crippen LogP contribution in [0.1, 0.15) is 28.2 Å². The van der Waals surface area contributed by atoms with Gasteiger partial charge in [-0.3, -0.25) is 9.59 Å². The van der Waals surface area contributed by atoms with Crippen molar-refractivity contribution < 1.29 is 18.4 Å². The van der Waals surface area contributed by atoms with Crippen LogP contribution in [0.3, 0.4) is 0 Å². The number of hydrogen-bond donors (Lipinski definition) is 2. The molecule has 0 saturated heterocycles. The second-order valence-electron chi connectivity index (χ2n) is 5.91. The summed E-state index contributed by atoms with van der Waals surface area (Å²) in [6.45, 7) is 1.50. The van der Waals surface area contributed by atoms with Crippen LogP contribution in [0.25, 0.3) is 11.5 Å². The van der Waals surface area contributed by atoms with Crippen LogP contribution in [0.2, 0.25) is 0 Å². The summed E-state index contributed by atoms with van der Waals surface area (Å²) in [4.78, 5) is 23.4. The fraction of sp³-hybridized carbons (Fsp3) is 0.158. The molecule has 3 rings (SSSR count). The lowest BCUT2D eigenvalue weighted by molar-refractivity contribution is -0.116. The molecule has 0 aliphatic rings. The molecule has 8 heteroatoms. The van der Waals surface area contributed by atoms with E-state index in [4.69, 9.17) is 10.2 Å². The minimum Gasteiger partial charge on any atom is -0.421 e. The second kappa shape index (κ2) is 7.77.